The first kappa shape index (κ1) is 14.1. The molecule has 0 unspecified atom stereocenters. The molecule has 0 aliphatic carbocycles. The van der Waals surface area contributed by atoms with E-state index in [0.717, 1.165) is 16.5 Å². The Morgan fingerprint density at radius 3 is 2.80 bits per heavy atom. The van der Waals surface area contributed by atoms with Crippen LogP contribution in [-0.4, -0.2) is 24.0 Å². The summed E-state index contributed by atoms with van der Waals surface area (Å²) in [7, 11) is 1.26. The molecular formula is C14H13ClN2O3. The van der Waals surface area contributed by atoms with E-state index in [1.807, 2.05) is 6.07 Å². The number of aromatic amines is 1. The molecule has 0 saturated heterocycles. The first-order valence-corrected chi connectivity index (χ1v) is 6.23. The van der Waals surface area contributed by atoms with Crippen LogP contribution in [0.15, 0.2) is 30.1 Å². The molecule has 2 rings (SSSR count). The molecule has 0 aliphatic heterocycles. The predicted octanol–water partition coefficient (Wildman–Crippen LogP) is 2.47. The molecule has 0 saturated carbocycles. The number of methoxy groups -OCH3 is 1. The fourth-order valence-corrected chi connectivity index (χ4v) is 2.01. The minimum absolute atomic E-state index is 0.0795. The second-order valence-electron chi connectivity index (χ2n) is 4.16. The number of amides is 1. The van der Waals surface area contributed by atoms with Gasteiger partial charge >= 0.3 is 5.97 Å². The highest BCUT2D eigenvalue weighted by molar-refractivity contribution is 6.31. The molecule has 0 atom stereocenters. The van der Waals surface area contributed by atoms with Gasteiger partial charge in [0.1, 0.15) is 5.70 Å². The summed E-state index contributed by atoms with van der Waals surface area (Å²) in [4.78, 5) is 25.8. The van der Waals surface area contributed by atoms with Gasteiger partial charge in [0.2, 0.25) is 5.91 Å². The maximum absolute atomic E-state index is 11.6. The van der Waals surface area contributed by atoms with Crippen molar-refractivity contribution < 1.29 is 14.3 Å². The normalized spacial score (nSPS) is 11.4. The quantitative estimate of drug-likeness (QED) is 0.674. The van der Waals surface area contributed by atoms with Crippen LogP contribution in [0.5, 0.6) is 0 Å². The van der Waals surface area contributed by atoms with Crippen molar-refractivity contribution >= 4 is 40.5 Å². The van der Waals surface area contributed by atoms with E-state index >= 15 is 0 Å². The third kappa shape index (κ3) is 3.00. The van der Waals surface area contributed by atoms with Crippen LogP contribution in [0.1, 0.15) is 12.5 Å². The lowest BCUT2D eigenvalue weighted by molar-refractivity contribution is -0.137. The number of ether oxygens (including phenoxy) is 1. The van der Waals surface area contributed by atoms with Gasteiger partial charge in [0.15, 0.2) is 0 Å². The van der Waals surface area contributed by atoms with Gasteiger partial charge in [-0.25, -0.2) is 4.79 Å². The Hall–Kier alpha value is -2.27. The second-order valence-corrected chi connectivity index (χ2v) is 4.60. The third-order valence-corrected chi connectivity index (χ3v) is 2.93. The summed E-state index contributed by atoms with van der Waals surface area (Å²) in [5.74, 6) is -0.951. The zero-order valence-electron chi connectivity index (χ0n) is 11.0. The molecule has 0 spiro atoms. The van der Waals surface area contributed by atoms with Gasteiger partial charge in [-0.05, 0) is 18.2 Å². The lowest BCUT2D eigenvalue weighted by atomic mass is 10.1. The summed E-state index contributed by atoms with van der Waals surface area (Å²) in [6.07, 6.45) is 3.28. The lowest BCUT2D eigenvalue weighted by Gasteiger charge is -2.05. The monoisotopic (exact) mass is 292 g/mol. The largest absolute Gasteiger partial charge is 0.464 e. The highest BCUT2D eigenvalue weighted by Gasteiger charge is 2.12. The van der Waals surface area contributed by atoms with E-state index in [2.05, 4.69) is 15.0 Å². The number of fused-ring (bicyclic) bond motifs is 1. The second kappa shape index (κ2) is 5.79. The minimum Gasteiger partial charge on any atom is -0.464 e. The number of carbonyl (C=O) groups excluding carboxylic acids is 2. The van der Waals surface area contributed by atoms with Crippen LogP contribution in [0.2, 0.25) is 5.02 Å². The first-order valence-electron chi connectivity index (χ1n) is 5.85. The fraction of sp³-hybridized carbons (Fsp3) is 0.143. The maximum Gasteiger partial charge on any atom is 0.354 e. The molecule has 2 aromatic rings. The molecule has 0 bridgehead atoms. The van der Waals surface area contributed by atoms with E-state index < -0.39 is 5.97 Å². The molecule has 0 aliphatic rings. The molecule has 0 fully saturated rings. The lowest BCUT2D eigenvalue weighted by Crippen LogP contribution is -2.25. The zero-order chi connectivity index (χ0) is 14.7. The summed E-state index contributed by atoms with van der Waals surface area (Å²) in [5, 5.41) is 3.96. The molecule has 0 radical (unpaired) electrons. The Morgan fingerprint density at radius 1 is 1.40 bits per heavy atom. The number of esters is 1. The van der Waals surface area contributed by atoms with Gasteiger partial charge < -0.3 is 15.0 Å². The van der Waals surface area contributed by atoms with Gasteiger partial charge in [0.05, 0.1) is 7.11 Å². The van der Waals surface area contributed by atoms with Gasteiger partial charge in [0, 0.05) is 34.6 Å². The summed E-state index contributed by atoms with van der Waals surface area (Å²) >= 11 is 5.91. The number of hydrogen-bond donors (Lipinski definition) is 2. The highest BCUT2D eigenvalue weighted by Crippen LogP contribution is 2.23. The smallest absolute Gasteiger partial charge is 0.354 e. The van der Waals surface area contributed by atoms with Gasteiger partial charge in [0.25, 0.3) is 0 Å². The van der Waals surface area contributed by atoms with E-state index in [0.29, 0.717) is 5.02 Å². The molecule has 6 heteroatoms. The number of nitrogens with one attached hydrogen (secondary N) is 2. The molecule has 5 nitrogen and oxygen atoms in total. The van der Waals surface area contributed by atoms with Crippen molar-refractivity contribution in [1.29, 1.82) is 0 Å². The number of H-pyrrole nitrogens is 1. The standard InChI is InChI=1S/C14H13ClN2O3/c1-8(18)17-13(14(19)20-2)5-9-7-16-12-6-10(15)3-4-11(9)12/h3-7,16H,1-2H3,(H,17,18)/b13-5-. The van der Waals surface area contributed by atoms with Gasteiger partial charge in [-0.2, -0.15) is 0 Å². The Balaban J connectivity index is 2.47. The summed E-state index contributed by atoms with van der Waals surface area (Å²) < 4.78 is 4.64. The minimum atomic E-state index is -0.608. The van der Waals surface area contributed by atoms with Crippen molar-refractivity contribution in [3.05, 3.63) is 40.7 Å². The average molecular weight is 293 g/mol. The van der Waals surface area contributed by atoms with Crippen molar-refractivity contribution in [3.63, 3.8) is 0 Å². The molecule has 1 heterocycles. The molecule has 20 heavy (non-hydrogen) atoms. The van der Waals surface area contributed by atoms with Crippen molar-refractivity contribution in [2.75, 3.05) is 7.11 Å². The Morgan fingerprint density at radius 2 is 2.15 bits per heavy atom. The van der Waals surface area contributed by atoms with Crippen molar-refractivity contribution in [1.82, 2.24) is 10.3 Å². The van der Waals surface area contributed by atoms with Gasteiger partial charge in [-0.3, -0.25) is 4.79 Å². The van der Waals surface area contributed by atoms with Gasteiger partial charge in [-0.15, -0.1) is 0 Å². The van der Waals surface area contributed by atoms with Crippen LogP contribution in [0.25, 0.3) is 17.0 Å². The van der Waals surface area contributed by atoms with Crippen LogP contribution in [0, 0.1) is 0 Å². The zero-order valence-corrected chi connectivity index (χ0v) is 11.7. The van der Waals surface area contributed by atoms with Crippen LogP contribution in [0.4, 0.5) is 0 Å². The highest BCUT2D eigenvalue weighted by atomic mass is 35.5. The average Bonchev–Trinajstić information content (AvgIpc) is 2.78. The fourth-order valence-electron chi connectivity index (χ4n) is 1.84. The van der Waals surface area contributed by atoms with Gasteiger partial charge in [-0.1, -0.05) is 17.7 Å². The number of benzene rings is 1. The number of carbonyl (C=O) groups is 2. The maximum atomic E-state index is 11.6. The van der Waals surface area contributed by atoms with E-state index in [1.165, 1.54) is 14.0 Å². The van der Waals surface area contributed by atoms with E-state index in [4.69, 9.17) is 11.6 Å². The molecule has 1 amide bonds. The van der Waals surface area contributed by atoms with Crippen molar-refractivity contribution in [2.24, 2.45) is 0 Å². The van der Waals surface area contributed by atoms with Crippen LogP contribution >= 0.6 is 11.6 Å². The molecule has 104 valence electrons. The third-order valence-electron chi connectivity index (χ3n) is 2.69. The summed E-state index contributed by atoms with van der Waals surface area (Å²) in [5.41, 5.74) is 1.68. The molecular weight excluding hydrogens is 280 g/mol. The number of rotatable bonds is 3. The van der Waals surface area contributed by atoms with E-state index in [9.17, 15) is 9.59 Å². The molecule has 1 aromatic heterocycles. The number of hydrogen-bond acceptors (Lipinski definition) is 3. The van der Waals surface area contributed by atoms with Crippen LogP contribution < -0.4 is 5.32 Å². The number of halogens is 1. The predicted molar refractivity (Wildman–Crippen MR) is 77.1 cm³/mol. The van der Waals surface area contributed by atoms with E-state index in [1.54, 1.807) is 24.4 Å². The SMILES string of the molecule is COC(=O)/C(=C/c1c[nH]c2cc(Cl)ccc12)NC(C)=O. The Bertz CT molecular complexity index is 704. The summed E-state index contributed by atoms with van der Waals surface area (Å²) in [6, 6.07) is 5.37. The van der Waals surface area contributed by atoms with Crippen LogP contribution in [-0.2, 0) is 14.3 Å². The van der Waals surface area contributed by atoms with Crippen molar-refractivity contribution in [2.45, 2.75) is 6.92 Å². The van der Waals surface area contributed by atoms with E-state index in [-0.39, 0.29) is 11.6 Å². The Kier molecular flexibility index (Phi) is 4.10. The summed E-state index contributed by atoms with van der Waals surface area (Å²) in [6.45, 7) is 1.33. The topological polar surface area (TPSA) is 71.2 Å². The Labute approximate surface area is 120 Å². The molecule has 2 N–H and O–H groups in total. The number of aromatic nitrogens is 1. The molecule has 1 aromatic carbocycles. The first-order chi connectivity index (χ1) is 9.51. The van der Waals surface area contributed by atoms with Crippen LogP contribution in [0.3, 0.4) is 0 Å². The van der Waals surface area contributed by atoms with Crippen molar-refractivity contribution in [3.8, 4) is 0 Å².